The predicted octanol–water partition coefficient (Wildman–Crippen LogP) is 9.06. The Morgan fingerprint density at radius 1 is 1.05 bits per heavy atom. The van der Waals surface area contributed by atoms with Crippen LogP contribution in [0.25, 0.3) is 0 Å². The second-order valence-electron chi connectivity index (χ2n) is 12.0. The van der Waals surface area contributed by atoms with Gasteiger partial charge in [-0.3, -0.25) is 4.79 Å². The lowest BCUT2D eigenvalue weighted by Crippen LogP contribution is -2.41. The molecule has 1 aliphatic heterocycles. The summed E-state index contributed by atoms with van der Waals surface area (Å²) in [4.78, 5) is 18.2. The average Bonchev–Trinajstić information content (AvgIpc) is 3.80. The van der Waals surface area contributed by atoms with Gasteiger partial charge in [-0.15, -0.1) is 0 Å². The zero-order valence-electron chi connectivity index (χ0n) is 24.8. The highest BCUT2D eigenvalue weighted by Gasteiger charge is 2.31. The molecule has 1 unspecified atom stereocenters. The molecule has 1 N–H and O–H groups in total. The first-order valence-electron chi connectivity index (χ1n) is 15.3. The third kappa shape index (κ3) is 7.01. The highest BCUT2D eigenvalue weighted by Crippen LogP contribution is 2.38. The molecule has 3 aromatic rings. The van der Waals surface area contributed by atoms with Crippen LogP contribution in [0.1, 0.15) is 79.8 Å². The number of rotatable bonds is 11. The summed E-state index contributed by atoms with van der Waals surface area (Å²) in [6, 6.07) is 21.0. The standard InChI is InChI=1S/C36H44FN3O/c1-5-9-25(2)33-22-30(16-17-34(33)38-32-12-8-11-31(37)23-32)36(41)39-20-18-29(19-21-39)27(4)40(24-28-14-15-28)35-13-7-6-10-26(35)3/h6-8,10-13,16-17,22-23,25,28-29,38H,4-5,9,14-15,18-21,24H2,1-3H3. The number of anilines is 3. The molecule has 4 nitrogen and oxygen atoms in total. The first kappa shape index (κ1) is 28.9. The molecule has 1 saturated heterocycles. The van der Waals surface area contributed by atoms with Crippen LogP contribution in [0.15, 0.2) is 79.0 Å². The second kappa shape index (κ2) is 12.9. The third-order valence-corrected chi connectivity index (χ3v) is 8.80. The molecule has 1 heterocycles. The van der Waals surface area contributed by atoms with Gasteiger partial charge in [-0.25, -0.2) is 4.39 Å². The van der Waals surface area contributed by atoms with E-state index >= 15 is 0 Å². The van der Waals surface area contributed by atoms with Crippen LogP contribution >= 0.6 is 0 Å². The fourth-order valence-electron chi connectivity index (χ4n) is 6.14. The van der Waals surface area contributed by atoms with E-state index in [1.165, 1.54) is 41.9 Å². The maximum absolute atomic E-state index is 13.8. The quantitative estimate of drug-likeness (QED) is 0.257. The Kier molecular flexibility index (Phi) is 9.12. The smallest absolute Gasteiger partial charge is 0.253 e. The van der Waals surface area contributed by atoms with Crippen LogP contribution in [-0.2, 0) is 0 Å². The molecule has 41 heavy (non-hydrogen) atoms. The Labute approximate surface area is 245 Å². The van der Waals surface area contributed by atoms with Crippen molar-refractivity contribution in [3.05, 3.63) is 102 Å². The molecule has 5 rings (SSSR count). The van der Waals surface area contributed by atoms with Crippen molar-refractivity contribution in [1.29, 1.82) is 0 Å². The minimum absolute atomic E-state index is 0.0880. The maximum atomic E-state index is 13.8. The van der Waals surface area contributed by atoms with E-state index in [9.17, 15) is 9.18 Å². The number of piperidine rings is 1. The van der Waals surface area contributed by atoms with Crippen LogP contribution in [0.2, 0.25) is 0 Å². The summed E-state index contributed by atoms with van der Waals surface area (Å²) in [6.45, 7) is 13.7. The molecule has 216 valence electrons. The van der Waals surface area contributed by atoms with Crippen LogP contribution in [0.3, 0.4) is 0 Å². The topological polar surface area (TPSA) is 35.6 Å². The third-order valence-electron chi connectivity index (χ3n) is 8.80. The van der Waals surface area contributed by atoms with Crippen molar-refractivity contribution in [2.45, 2.75) is 65.2 Å². The molecule has 0 bridgehead atoms. The SMILES string of the molecule is C=C(C1CCN(C(=O)c2ccc(Nc3cccc(F)c3)c(C(C)CCC)c2)CC1)N(CC1CC1)c1ccccc1C. The van der Waals surface area contributed by atoms with E-state index < -0.39 is 0 Å². The van der Waals surface area contributed by atoms with E-state index in [4.69, 9.17) is 0 Å². The van der Waals surface area contributed by atoms with E-state index in [-0.39, 0.29) is 17.6 Å². The van der Waals surface area contributed by atoms with E-state index in [1.54, 1.807) is 6.07 Å². The van der Waals surface area contributed by atoms with E-state index in [1.807, 2.05) is 29.2 Å². The number of likely N-dealkylation sites (tertiary alicyclic amines) is 1. The number of carbonyl (C=O) groups is 1. The van der Waals surface area contributed by atoms with Crippen LogP contribution < -0.4 is 10.2 Å². The average molecular weight is 554 g/mol. The van der Waals surface area contributed by atoms with Crippen molar-refractivity contribution in [3.8, 4) is 0 Å². The maximum Gasteiger partial charge on any atom is 0.253 e. The van der Waals surface area contributed by atoms with Gasteiger partial charge in [0.1, 0.15) is 5.82 Å². The molecule has 0 aromatic heterocycles. The first-order valence-corrected chi connectivity index (χ1v) is 15.3. The number of allylic oxidation sites excluding steroid dienone is 1. The van der Waals surface area contributed by atoms with Crippen LogP contribution in [-0.4, -0.2) is 30.4 Å². The Morgan fingerprint density at radius 2 is 1.80 bits per heavy atom. The highest BCUT2D eigenvalue weighted by molar-refractivity contribution is 5.95. The first-order chi connectivity index (χ1) is 19.8. The molecular weight excluding hydrogens is 509 g/mol. The number of nitrogens with zero attached hydrogens (tertiary/aromatic N) is 2. The Morgan fingerprint density at radius 3 is 2.49 bits per heavy atom. The Balaban J connectivity index is 1.28. The van der Waals surface area contributed by atoms with Crippen LogP contribution in [0.5, 0.6) is 0 Å². The lowest BCUT2D eigenvalue weighted by atomic mass is 9.91. The number of nitrogens with one attached hydrogen (secondary N) is 1. The zero-order valence-corrected chi connectivity index (χ0v) is 24.8. The number of hydrogen-bond donors (Lipinski definition) is 1. The molecule has 1 atom stereocenters. The Hall–Kier alpha value is -3.60. The van der Waals surface area contributed by atoms with Gasteiger partial charge >= 0.3 is 0 Å². The van der Waals surface area contributed by atoms with Crippen molar-refractivity contribution in [2.24, 2.45) is 11.8 Å². The zero-order chi connectivity index (χ0) is 28.9. The van der Waals surface area contributed by atoms with Gasteiger partial charge in [0.2, 0.25) is 0 Å². The second-order valence-corrected chi connectivity index (χ2v) is 12.0. The summed E-state index contributed by atoms with van der Waals surface area (Å²) in [6.07, 6.45) is 6.53. The molecular formula is C36H44FN3O. The number of halogens is 1. The van der Waals surface area contributed by atoms with Gasteiger partial charge in [-0.05, 0) is 104 Å². The summed E-state index contributed by atoms with van der Waals surface area (Å²) >= 11 is 0. The van der Waals surface area contributed by atoms with Gasteiger partial charge in [0.25, 0.3) is 5.91 Å². The predicted molar refractivity (Wildman–Crippen MR) is 168 cm³/mol. The van der Waals surface area contributed by atoms with Crippen molar-refractivity contribution in [1.82, 2.24) is 4.90 Å². The lowest BCUT2D eigenvalue weighted by molar-refractivity contribution is 0.0701. The largest absolute Gasteiger partial charge is 0.355 e. The summed E-state index contributed by atoms with van der Waals surface area (Å²) in [5.74, 6) is 1.22. The number of carbonyl (C=O) groups excluding carboxylic acids is 1. The summed E-state index contributed by atoms with van der Waals surface area (Å²) in [5, 5.41) is 3.38. The number of aryl methyl sites for hydroxylation is 1. The van der Waals surface area contributed by atoms with Crippen LogP contribution in [0.4, 0.5) is 21.5 Å². The molecule has 3 aromatic carbocycles. The molecule has 0 radical (unpaired) electrons. The fraction of sp³-hybridized carbons (Fsp3) is 0.417. The number of benzene rings is 3. The van der Waals surface area contributed by atoms with Gasteiger partial charge in [0.15, 0.2) is 0 Å². The van der Waals surface area contributed by atoms with E-state index in [0.717, 1.165) is 68.0 Å². The van der Waals surface area contributed by atoms with Crippen LogP contribution in [0, 0.1) is 24.6 Å². The van der Waals surface area contributed by atoms with Crippen molar-refractivity contribution in [2.75, 3.05) is 29.9 Å². The highest BCUT2D eigenvalue weighted by atomic mass is 19.1. The fourth-order valence-corrected chi connectivity index (χ4v) is 6.14. The normalized spacial score (nSPS) is 16.3. The summed E-state index contributed by atoms with van der Waals surface area (Å²) in [7, 11) is 0. The lowest BCUT2D eigenvalue weighted by Gasteiger charge is -2.38. The van der Waals surface area contributed by atoms with Gasteiger partial charge in [-0.1, -0.05) is 51.1 Å². The van der Waals surface area contributed by atoms with Crippen molar-refractivity contribution >= 4 is 23.0 Å². The molecule has 5 heteroatoms. The summed E-state index contributed by atoms with van der Waals surface area (Å²) in [5.41, 5.74) is 7.20. The molecule has 0 spiro atoms. The molecule has 1 amide bonds. The number of hydrogen-bond acceptors (Lipinski definition) is 3. The molecule has 1 aliphatic carbocycles. The summed E-state index contributed by atoms with van der Waals surface area (Å²) < 4.78 is 13.8. The molecule has 2 aliphatic rings. The van der Waals surface area contributed by atoms with Gasteiger partial charge in [0.05, 0.1) is 0 Å². The number of amides is 1. The monoisotopic (exact) mass is 553 g/mol. The Bertz CT molecular complexity index is 1370. The number of para-hydroxylation sites is 1. The van der Waals surface area contributed by atoms with Gasteiger partial charge < -0.3 is 15.1 Å². The van der Waals surface area contributed by atoms with Gasteiger partial charge in [0, 0.05) is 53.9 Å². The van der Waals surface area contributed by atoms with E-state index in [2.05, 4.69) is 61.8 Å². The van der Waals surface area contributed by atoms with Crippen molar-refractivity contribution in [3.63, 3.8) is 0 Å². The molecule has 1 saturated carbocycles. The molecule has 2 fully saturated rings. The minimum atomic E-state index is -0.273. The van der Waals surface area contributed by atoms with Crippen molar-refractivity contribution < 1.29 is 9.18 Å². The van der Waals surface area contributed by atoms with Gasteiger partial charge in [-0.2, -0.15) is 0 Å². The minimum Gasteiger partial charge on any atom is -0.355 e. The van der Waals surface area contributed by atoms with E-state index in [0.29, 0.717) is 11.6 Å².